The molecule has 0 radical (unpaired) electrons. The summed E-state index contributed by atoms with van der Waals surface area (Å²) < 4.78 is 0. The zero-order valence-electron chi connectivity index (χ0n) is 8.17. The Morgan fingerprint density at radius 3 is 2.07 bits per heavy atom. The number of imide groups is 1. The van der Waals surface area contributed by atoms with E-state index in [1.54, 1.807) is 12.1 Å². The van der Waals surface area contributed by atoms with E-state index in [9.17, 15) is 9.59 Å². The molecule has 0 bridgehead atoms. The summed E-state index contributed by atoms with van der Waals surface area (Å²) >= 11 is 0. The van der Waals surface area contributed by atoms with Crippen LogP contribution in [-0.2, 0) is 6.42 Å². The molecule has 4 amide bonds. The van der Waals surface area contributed by atoms with Gasteiger partial charge in [0, 0.05) is 0 Å². The monoisotopic (exact) mass is 203 g/mol. The fraction of sp³-hybridized carbons (Fsp3) is 0.200. The van der Waals surface area contributed by atoms with Gasteiger partial charge < -0.3 is 0 Å². The van der Waals surface area contributed by atoms with Gasteiger partial charge in [-0.25, -0.2) is 14.5 Å². The summed E-state index contributed by atoms with van der Waals surface area (Å²) in [6, 6.07) is 5.90. The number of carbonyl (C=O) groups is 2. The van der Waals surface area contributed by atoms with Crippen LogP contribution >= 0.6 is 0 Å². The number of nitrogens with zero attached hydrogens (tertiary/aromatic N) is 3. The molecule has 1 aliphatic heterocycles. The lowest BCUT2D eigenvalue weighted by Gasteiger charge is -2.10. The first-order valence-electron chi connectivity index (χ1n) is 4.61. The minimum absolute atomic E-state index is 0.507. The van der Waals surface area contributed by atoms with Crippen molar-refractivity contribution in [3.05, 3.63) is 29.8 Å². The fourth-order valence-electron chi connectivity index (χ4n) is 1.36. The van der Waals surface area contributed by atoms with Crippen molar-refractivity contribution >= 4 is 17.7 Å². The second-order valence-electron chi connectivity index (χ2n) is 3.12. The number of urea groups is 2. The number of benzene rings is 1. The lowest BCUT2D eigenvalue weighted by Crippen LogP contribution is -2.27. The highest BCUT2D eigenvalue weighted by Gasteiger charge is 2.28. The van der Waals surface area contributed by atoms with Gasteiger partial charge in [-0.1, -0.05) is 29.3 Å². The highest BCUT2D eigenvalue weighted by atomic mass is 16.2. The average molecular weight is 203 g/mol. The zero-order chi connectivity index (χ0) is 10.8. The summed E-state index contributed by atoms with van der Waals surface area (Å²) in [6.45, 7) is 2.03. The molecule has 15 heavy (non-hydrogen) atoms. The molecule has 2 rings (SSSR count). The third kappa shape index (κ3) is 1.63. The number of anilines is 1. The second kappa shape index (κ2) is 3.61. The van der Waals surface area contributed by atoms with Crippen molar-refractivity contribution < 1.29 is 9.59 Å². The lowest BCUT2D eigenvalue weighted by molar-refractivity contribution is 0.249. The van der Waals surface area contributed by atoms with Crippen LogP contribution in [0.5, 0.6) is 0 Å². The quantitative estimate of drug-likeness (QED) is 0.741. The molecule has 1 aliphatic rings. The van der Waals surface area contributed by atoms with Gasteiger partial charge in [-0.05, 0) is 24.1 Å². The normalized spacial score (nSPS) is 15.1. The van der Waals surface area contributed by atoms with E-state index in [1.165, 1.54) is 0 Å². The van der Waals surface area contributed by atoms with Gasteiger partial charge in [0.1, 0.15) is 0 Å². The van der Waals surface area contributed by atoms with Gasteiger partial charge in [-0.2, -0.15) is 0 Å². The van der Waals surface area contributed by atoms with Gasteiger partial charge >= 0.3 is 12.1 Å². The van der Waals surface area contributed by atoms with E-state index < -0.39 is 12.1 Å². The van der Waals surface area contributed by atoms with Crippen LogP contribution in [-0.4, -0.2) is 12.1 Å². The van der Waals surface area contributed by atoms with Crippen molar-refractivity contribution in [2.75, 3.05) is 4.90 Å². The Morgan fingerprint density at radius 2 is 1.60 bits per heavy atom. The van der Waals surface area contributed by atoms with Crippen molar-refractivity contribution in [1.82, 2.24) is 0 Å². The summed E-state index contributed by atoms with van der Waals surface area (Å²) in [5.74, 6) is 0. The Bertz CT molecular complexity index is 418. The maximum atomic E-state index is 11.2. The second-order valence-corrected chi connectivity index (χ2v) is 3.12. The van der Waals surface area contributed by atoms with E-state index in [0.29, 0.717) is 5.69 Å². The number of carbonyl (C=O) groups excluding carboxylic acids is 2. The molecule has 0 fully saturated rings. The van der Waals surface area contributed by atoms with E-state index in [2.05, 4.69) is 10.2 Å². The third-order valence-electron chi connectivity index (χ3n) is 2.21. The summed E-state index contributed by atoms with van der Waals surface area (Å²) in [5.41, 5.74) is 1.65. The van der Waals surface area contributed by atoms with E-state index in [4.69, 9.17) is 0 Å². The number of rotatable bonds is 2. The van der Waals surface area contributed by atoms with Crippen molar-refractivity contribution in [1.29, 1.82) is 0 Å². The maximum absolute atomic E-state index is 11.2. The van der Waals surface area contributed by atoms with Crippen LogP contribution in [0.4, 0.5) is 15.3 Å². The largest absolute Gasteiger partial charge is 0.375 e. The number of hydrogen-bond acceptors (Lipinski definition) is 2. The van der Waals surface area contributed by atoms with Crippen molar-refractivity contribution in [3.63, 3.8) is 0 Å². The molecule has 5 heteroatoms. The Labute approximate surface area is 86.4 Å². The highest BCUT2D eigenvalue weighted by molar-refractivity contribution is 6.17. The van der Waals surface area contributed by atoms with Crippen molar-refractivity contribution in [2.45, 2.75) is 13.3 Å². The highest BCUT2D eigenvalue weighted by Crippen LogP contribution is 2.20. The molecular formula is C10H9N3O2. The Morgan fingerprint density at radius 1 is 1.07 bits per heavy atom. The molecule has 1 heterocycles. The predicted molar refractivity (Wildman–Crippen MR) is 53.9 cm³/mol. The molecule has 0 unspecified atom stereocenters. The lowest BCUT2D eigenvalue weighted by atomic mass is 10.1. The van der Waals surface area contributed by atoms with E-state index in [1.807, 2.05) is 19.1 Å². The topological polar surface area (TPSA) is 62.1 Å². The molecule has 0 aliphatic carbocycles. The summed E-state index contributed by atoms with van der Waals surface area (Å²) in [4.78, 5) is 23.3. The summed E-state index contributed by atoms with van der Waals surface area (Å²) in [6.07, 6.45) is 0.914. The van der Waals surface area contributed by atoms with Gasteiger partial charge in [0.2, 0.25) is 0 Å². The van der Waals surface area contributed by atoms with Crippen molar-refractivity contribution in [2.24, 2.45) is 10.2 Å². The number of hydrogen-bond donors (Lipinski definition) is 0. The molecule has 1 aromatic carbocycles. The zero-order valence-corrected chi connectivity index (χ0v) is 8.17. The van der Waals surface area contributed by atoms with Crippen LogP contribution < -0.4 is 4.90 Å². The third-order valence-corrected chi connectivity index (χ3v) is 2.21. The number of amides is 4. The minimum Gasteiger partial charge on any atom is -0.243 e. The maximum Gasteiger partial charge on any atom is 0.375 e. The minimum atomic E-state index is -0.635. The number of azo groups is 1. The van der Waals surface area contributed by atoms with E-state index >= 15 is 0 Å². The molecule has 1 aromatic rings. The first kappa shape index (κ1) is 9.51. The molecule has 0 spiro atoms. The van der Waals surface area contributed by atoms with Gasteiger partial charge in [-0.15, -0.1) is 0 Å². The Kier molecular flexibility index (Phi) is 2.29. The SMILES string of the molecule is CCc1ccc(N2C(=O)N=NC2=O)cc1. The van der Waals surface area contributed by atoms with Crippen LogP contribution in [0.1, 0.15) is 12.5 Å². The average Bonchev–Trinajstić information content (AvgIpc) is 2.59. The molecule has 0 saturated carbocycles. The molecule has 0 atom stereocenters. The smallest absolute Gasteiger partial charge is 0.243 e. The first-order chi connectivity index (χ1) is 7.22. The van der Waals surface area contributed by atoms with Gasteiger partial charge in [0.15, 0.2) is 0 Å². The molecule has 0 aromatic heterocycles. The van der Waals surface area contributed by atoms with Crippen LogP contribution in [0.25, 0.3) is 0 Å². The van der Waals surface area contributed by atoms with Crippen LogP contribution in [0.2, 0.25) is 0 Å². The first-order valence-corrected chi connectivity index (χ1v) is 4.61. The Hall–Kier alpha value is -2.04. The van der Waals surface area contributed by atoms with Crippen LogP contribution in [0.15, 0.2) is 34.5 Å². The molecule has 0 N–H and O–H groups in total. The molecule has 0 saturated heterocycles. The predicted octanol–water partition coefficient (Wildman–Crippen LogP) is 2.76. The standard InChI is InChI=1S/C10H9N3O2/c1-2-7-3-5-8(6-4-7)13-9(14)11-12-10(13)15/h3-6H,2H2,1H3. The Balaban J connectivity index is 2.30. The summed E-state index contributed by atoms with van der Waals surface area (Å²) in [5, 5.41) is 6.36. The van der Waals surface area contributed by atoms with Gasteiger partial charge in [0.05, 0.1) is 5.69 Å². The molecule has 76 valence electrons. The summed E-state index contributed by atoms with van der Waals surface area (Å²) in [7, 11) is 0. The van der Waals surface area contributed by atoms with Crippen LogP contribution in [0, 0.1) is 0 Å². The number of aryl methyl sites for hydroxylation is 1. The fourth-order valence-corrected chi connectivity index (χ4v) is 1.36. The van der Waals surface area contributed by atoms with E-state index in [-0.39, 0.29) is 0 Å². The van der Waals surface area contributed by atoms with Gasteiger partial charge in [-0.3, -0.25) is 0 Å². The van der Waals surface area contributed by atoms with Gasteiger partial charge in [0.25, 0.3) is 0 Å². The van der Waals surface area contributed by atoms with E-state index in [0.717, 1.165) is 16.9 Å². The van der Waals surface area contributed by atoms with Crippen molar-refractivity contribution in [3.8, 4) is 0 Å². The molecule has 5 nitrogen and oxygen atoms in total. The molecular weight excluding hydrogens is 194 g/mol. The van der Waals surface area contributed by atoms with Crippen LogP contribution in [0.3, 0.4) is 0 Å².